The molecule has 0 aliphatic carbocycles. The van der Waals surface area contributed by atoms with Crippen molar-refractivity contribution in [3.05, 3.63) is 61.0 Å². The van der Waals surface area contributed by atoms with Gasteiger partial charge in [0.05, 0.1) is 17.9 Å². The summed E-state index contributed by atoms with van der Waals surface area (Å²) in [4.78, 5) is 4.41. The Morgan fingerprint density at radius 2 is 1.85 bits per heavy atom. The van der Waals surface area contributed by atoms with Gasteiger partial charge in [-0.25, -0.2) is 0 Å². The molecule has 0 saturated carbocycles. The third-order valence-electron chi connectivity index (χ3n) is 3.04. The normalized spacial score (nSPS) is 10.4. The van der Waals surface area contributed by atoms with E-state index < -0.39 is 0 Å². The largest absolute Gasteiger partial charge is 0.465 e. The van der Waals surface area contributed by atoms with Gasteiger partial charge in [-0.1, -0.05) is 36.4 Å². The minimum Gasteiger partial charge on any atom is -0.465 e. The summed E-state index contributed by atoms with van der Waals surface area (Å²) >= 11 is 0. The van der Waals surface area contributed by atoms with Gasteiger partial charge in [-0.15, -0.1) is 0 Å². The van der Waals surface area contributed by atoms with Crippen LogP contribution in [0.2, 0.25) is 0 Å². The van der Waals surface area contributed by atoms with Gasteiger partial charge in [0.1, 0.15) is 6.26 Å². The lowest BCUT2D eigenvalue weighted by Gasteiger charge is -2.05. The Hall–Kier alpha value is -2.55. The van der Waals surface area contributed by atoms with Crippen LogP contribution < -0.4 is 4.74 Å². The van der Waals surface area contributed by atoms with Crippen LogP contribution in [0.4, 0.5) is 0 Å². The maximum Gasteiger partial charge on any atom is 0.294 e. The van der Waals surface area contributed by atoms with E-state index in [1.807, 2.05) is 55.5 Å². The molecule has 0 radical (unpaired) electrons. The predicted octanol–water partition coefficient (Wildman–Crippen LogP) is 4.41. The number of rotatable bonds is 4. The minimum absolute atomic E-state index is 0.519. The topological polar surface area (TPSA) is 35.3 Å². The van der Waals surface area contributed by atoms with E-state index in [0.717, 1.165) is 22.4 Å². The molecule has 0 bridgehead atoms. The van der Waals surface area contributed by atoms with Gasteiger partial charge in [0.15, 0.2) is 0 Å². The van der Waals surface area contributed by atoms with Gasteiger partial charge in [-0.2, -0.15) is 0 Å². The fraction of sp³-hybridized carbons (Fsp3) is 0.118. The first kappa shape index (κ1) is 12.5. The summed E-state index contributed by atoms with van der Waals surface area (Å²) in [7, 11) is 0. The van der Waals surface area contributed by atoms with Gasteiger partial charge in [-0.3, -0.25) is 4.98 Å². The predicted molar refractivity (Wildman–Crippen MR) is 78.5 cm³/mol. The fourth-order valence-electron chi connectivity index (χ4n) is 2.16. The second-order valence-electron chi connectivity index (χ2n) is 4.33. The minimum atomic E-state index is 0.519. The van der Waals surface area contributed by atoms with Crippen LogP contribution in [0.5, 0.6) is 5.95 Å². The van der Waals surface area contributed by atoms with E-state index in [2.05, 4.69) is 4.98 Å². The fourth-order valence-corrected chi connectivity index (χ4v) is 2.16. The molecule has 3 rings (SSSR count). The molecule has 0 amide bonds. The number of hydrogen-bond acceptors (Lipinski definition) is 3. The Kier molecular flexibility index (Phi) is 3.50. The van der Waals surface area contributed by atoms with Crippen molar-refractivity contribution in [3.8, 4) is 28.3 Å². The summed E-state index contributed by atoms with van der Waals surface area (Å²) in [5, 5.41) is 0. The SMILES string of the molecule is CCOc1occ(-c2ccccc2)c1-c1ccccn1. The van der Waals surface area contributed by atoms with Crippen LogP contribution in [0.25, 0.3) is 22.4 Å². The van der Waals surface area contributed by atoms with Crippen molar-refractivity contribution in [1.82, 2.24) is 4.98 Å². The smallest absolute Gasteiger partial charge is 0.294 e. The summed E-state index contributed by atoms with van der Waals surface area (Å²) < 4.78 is 11.2. The molecule has 100 valence electrons. The van der Waals surface area contributed by atoms with E-state index in [0.29, 0.717) is 12.6 Å². The molecule has 0 aliphatic heterocycles. The molecular weight excluding hydrogens is 250 g/mol. The quantitative estimate of drug-likeness (QED) is 0.701. The summed E-state index contributed by atoms with van der Waals surface area (Å²) in [6, 6.07) is 15.9. The van der Waals surface area contributed by atoms with Gasteiger partial charge in [0.25, 0.3) is 5.95 Å². The van der Waals surface area contributed by atoms with Crippen LogP contribution in [-0.4, -0.2) is 11.6 Å². The lowest BCUT2D eigenvalue weighted by atomic mass is 10.0. The Labute approximate surface area is 117 Å². The molecule has 20 heavy (non-hydrogen) atoms. The van der Waals surface area contributed by atoms with Crippen molar-refractivity contribution in [1.29, 1.82) is 0 Å². The van der Waals surface area contributed by atoms with Crippen molar-refractivity contribution < 1.29 is 9.15 Å². The molecule has 2 aromatic heterocycles. The molecular formula is C17H15NO2. The summed E-state index contributed by atoms with van der Waals surface area (Å²) in [5.41, 5.74) is 3.83. The van der Waals surface area contributed by atoms with Crippen molar-refractivity contribution in [2.45, 2.75) is 6.92 Å². The number of pyridine rings is 1. The van der Waals surface area contributed by atoms with Crippen molar-refractivity contribution in [2.24, 2.45) is 0 Å². The first-order valence-corrected chi connectivity index (χ1v) is 6.61. The van der Waals surface area contributed by atoms with Gasteiger partial charge >= 0.3 is 0 Å². The van der Waals surface area contributed by atoms with Crippen LogP contribution >= 0.6 is 0 Å². The average molecular weight is 265 g/mol. The highest BCUT2D eigenvalue weighted by atomic mass is 16.6. The van der Waals surface area contributed by atoms with E-state index in [-0.39, 0.29) is 0 Å². The van der Waals surface area contributed by atoms with Gasteiger partial charge < -0.3 is 9.15 Å². The summed E-state index contributed by atoms with van der Waals surface area (Å²) in [5.74, 6) is 0.519. The number of aromatic nitrogens is 1. The Morgan fingerprint density at radius 1 is 1.05 bits per heavy atom. The van der Waals surface area contributed by atoms with E-state index in [1.54, 1.807) is 12.5 Å². The maximum absolute atomic E-state index is 5.59. The molecule has 0 unspecified atom stereocenters. The number of ether oxygens (including phenoxy) is 1. The van der Waals surface area contributed by atoms with E-state index >= 15 is 0 Å². The standard InChI is InChI=1S/C17H15NO2/c1-2-19-17-16(15-10-6-7-11-18-15)14(12-20-17)13-8-4-3-5-9-13/h3-12H,2H2,1H3. The molecule has 0 fully saturated rings. The van der Waals surface area contributed by atoms with Crippen LogP contribution in [0, 0.1) is 0 Å². The van der Waals surface area contributed by atoms with Crippen LogP contribution in [0.1, 0.15) is 6.92 Å². The van der Waals surface area contributed by atoms with Crippen LogP contribution in [0.15, 0.2) is 65.4 Å². The summed E-state index contributed by atoms with van der Waals surface area (Å²) in [6.07, 6.45) is 3.50. The number of benzene rings is 1. The number of furan rings is 1. The Morgan fingerprint density at radius 3 is 2.55 bits per heavy atom. The van der Waals surface area contributed by atoms with E-state index in [4.69, 9.17) is 9.15 Å². The average Bonchev–Trinajstić information content (AvgIpc) is 2.93. The first-order chi connectivity index (χ1) is 9.90. The van der Waals surface area contributed by atoms with Gasteiger partial charge in [-0.05, 0) is 24.6 Å². The molecule has 3 nitrogen and oxygen atoms in total. The molecule has 0 saturated heterocycles. The van der Waals surface area contributed by atoms with Crippen molar-refractivity contribution >= 4 is 0 Å². The Bertz CT molecular complexity index is 675. The zero-order valence-corrected chi connectivity index (χ0v) is 11.2. The van der Waals surface area contributed by atoms with Crippen molar-refractivity contribution in [2.75, 3.05) is 6.61 Å². The zero-order valence-electron chi connectivity index (χ0n) is 11.2. The summed E-state index contributed by atoms with van der Waals surface area (Å²) in [6.45, 7) is 2.49. The molecule has 0 aliphatic rings. The molecule has 1 aromatic carbocycles. The van der Waals surface area contributed by atoms with Gasteiger partial charge in [0.2, 0.25) is 0 Å². The second-order valence-corrected chi connectivity index (χ2v) is 4.33. The number of nitrogens with zero attached hydrogens (tertiary/aromatic N) is 1. The van der Waals surface area contributed by atoms with Crippen molar-refractivity contribution in [3.63, 3.8) is 0 Å². The highest BCUT2D eigenvalue weighted by Crippen LogP contribution is 2.40. The second kappa shape index (κ2) is 5.61. The third kappa shape index (κ3) is 2.30. The van der Waals surface area contributed by atoms with E-state index in [1.165, 1.54) is 0 Å². The highest BCUT2D eigenvalue weighted by Gasteiger charge is 2.18. The van der Waals surface area contributed by atoms with Crippen LogP contribution in [-0.2, 0) is 0 Å². The lowest BCUT2D eigenvalue weighted by molar-refractivity contribution is 0.259. The Balaban J connectivity index is 2.17. The molecule has 3 heteroatoms. The zero-order chi connectivity index (χ0) is 13.8. The lowest BCUT2D eigenvalue weighted by Crippen LogP contribution is -1.93. The monoisotopic (exact) mass is 265 g/mol. The molecule has 0 atom stereocenters. The number of hydrogen-bond donors (Lipinski definition) is 0. The van der Waals surface area contributed by atoms with E-state index in [9.17, 15) is 0 Å². The molecule has 2 heterocycles. The maximum atomic E-state index is 5.59. The van der Waals surface area contributed by atoms with Crippen LogP contribution in [0.3, 0.4) is 0 Å². The van der Waals surface area contributed by atoms with Gasteiger partial charge in [0, 0.05) is 11.8 Å². The highest BCUT2D eigenvalue weighted by molar-refractivity contribution is 5.84. The first-order valence-electron chi connectivity index (χ1n) is 6.61. The molecule has 0 spiro atoms. The molecule has 3 aromatic rings. The third-order valence-corrected chi connectivity index (χ3v) is 3.04. The molecule has 0 N–H and O–H groups in total.